The number of methoxy groups -OCH3 is 1. The van der Waals surface area contributed by atoms with Crippen molar-refractivity contribution >= 4 is 40.7 Å². The number of aliphatic carboxylic acids is 1. The summed E-state index contributed by atoms with van der Waals surface area (Å²) in [4.78, 5) is 47.5. The monoisotopic (exact) mass is 726 g/mol. The van der Waals surface area contributed by atoms with Crippen LogP contribution in [0.2, 0.25) is 10.0 Å². The minimum Gasteiger partial charge on any atom is -0.481 e. The fourth-order valence-corrected chi connectivity index (χ4v) is 7.51. The molecule has 13 heteroatoms. The van der Waals surface area contributed by atoms with Gasteiger partial charge in [0, 0.05) is 78.9 Å². The third-order valence-electron chi connectivity index (χ3n) is 9.59. The highest BCUT2D eigenvalue weighted by Crippen LogP contribution is 2.42. The molecule has 3 aromatic heterocycles. The van der Waals surface area contributed by atoms with Crippen LogP contribution in [0.3, 0.4) is 0 Å². The van der Waals surface area contributed by atoms with E-state index in [4.69, 9.17) is 32.9 Å². The van der Waals surface area contributed by atoms with Gasteiger partial charge in [0.15, 0.2) is 0 Å². The summed E-state index contributed by atoms with van der Waals surface area (Å²) in [6.45, 7) is 2.58. The van der Waals surface area contributed by atoms with Crippen molar-refractivity contribution < 1.29 is 19.4 Å². The Morgan fingerprint density at radius 3 is 2.45 bits per heavy atom. The first-order chi connectivity index (χ1) is 24.7. The SMILES string of the molecule is COc1nc(-c2cccc(-c3cccc(-c4ccn5c(=O)c(CN6CC[C@H](C(=O)O)C6)cnc5c4)c3Cl)c2Cl)ccc1CNC[C@@H]1CCC(=O)N1. The molecule has 2 saturated heterocycles. The van der Waals surface area contributed by atoms with Crippen molar-refractivity contribution in [1.82, 2.24) is 29.9 Å². The molecule has 0 aliphatic carbocycles. The molecule has 11 nitrogen and oxygen atoms in total. The molecule has 2 aromatic carbocycles. The van der Waals surface area contributed by atoms with Crippen LogP contribution >= 0.6 is 23.2 Å². The number of carboxylic acid groups (broad SMARTS) is 1. The molecule has 2 aliphatic heterocycles. The van der Waals surface area contributed by atoms with Gasteiger partial charge in [0.1, 0.15) is 5.65 Å². The summed E-state index contributed by atoms with van der Waals surface area (Å²) in [5.41, 5.74) is 6.04. The Bertz CT molecular complexity index is 2210. The predicted molar refractivity (Wildman–Crippen MR) is 196 cm³/mol. The van der Waals surface area contributed by atoms with Crippen LogP contribution < -0.4 is 20.9 Å². The standard InChI is InChI=1S/C38H36Cl2N6O5/c1-51-36-23(17-41-19-26-9-11-33(47)43-26)8-10-31(44-36)30-7-3-6-29(35(30)40)28-5-2-4-27(34(28)39)22-13-15-46-32(16-22)42-18-25(37(46)48)21-45-14-12-24(20-45)38(49)50/h2-8,10,13,15-16,18,24,26,41H,9,11-12,14,17,19-21H2,1H3,(H,43,47)(H,49,50)/t24-,26-/m0/s1. The number of carboxylic acids is 1. The van der Waals surface area contributed by atoms with E-state index in [0.717, 1.165) is 39.8 Å². The summed E-state index contributed by atoms with van der Waals surface area (Å²) in [7, 11) is 1.58. The maximum Gasteiger partial charge on any atom is 0.307 e. The van der Waals surface area contributed by atoms with E-state index in [1.807, 2.05) is 65.6 Å². The zero-order chi connectivity index (χ0) is 35.6. The number of fused-ring (bicyclic) bond motifs is 1. The van der Waals surface area contributed by atoms with Gasteiger partial charge in [-0.25, -0.2) is 9.97 Å². The van der Waals surface area contributed by atoms with E-state index in [1.165, 1.54) is 4.40 Å². The zero-order valence-electron chi connectivity index (χ0n) is 27.9. The topological polar surface area (TPSA) is 138 Å². The van der Waals surface area contributed by atoms with E-state index in [2.05, 4.69) is 15.6 Å². The number of halogens is 2. The molecule has 2 aliphatic rings. The van der Waals surface area contributed by atoms with Crippen LogP contribution in [0.25, 0.3) is 39.2 Å². The summed E-state index contributed by atoms with van der Waals surface area (Å²) in [5, 5.41) is 16.7. The minimum atomic E-state index is -0.808. The van der Waals surface area contributed by atoms with Gasteiger partial charge in [-0.3, -0.25) is 23.7 Å². The molecule has 262 valence electrons. The van der Waals surface area contributed by atoms with Gasteiger partial charge < -0.3 is 20.5 Å². The summed E-state index contributed by atoms with van der Waals surface area (Å²) in [6.07, 6.45) is 5.21. The summed E-state index contributed by atoms with van der Waals surface area (Å²) in [5.74, 6) is -0.653. The molecule has 0 spiro atoms. The van der Waals surface area contributed by atoms with E-state index < -0.39 is 11.9 Å². The second kappa shape index (κ2) is 14.8. The van der Waals surface area contributed by atoms with Gasteiger partial charge >= 0.3 is 5.97 Å². The molecular weight excluding hydrogens is 691 g/mol. The number of rotatable bonds is 11. The lowest BCUT2D eigenvalue weighted by molar-refractivity contribution is -0.141. The summed E-state index contributed by atoms with van der Waals surface area (Å²) >= 11 is 14.2. The molecular formula is C38H36Cl2N6O5. The first-order valence-electron chi connectivity index (χ1n) is 16.8. The Kier molecular flexibility index (Phi) is 10.1. The number of likely N-dealkylation sites (tertiary alicyclic amines) is 1. The number of nitrogens with zero attached hydrogens (tertiary/aromatic N) is 4. The maximum absolute atomic E-state index is 13.3. The molecule has 51 heavy (non-hydrogen) atoms. The quantitative estimate of drug-likeness (QED) is 0.157. The lowest BCUT2D eigenvalue weighted by Gasteiger charge is -2.16. The average Bonchev–Trinajstić information content (AvgIpc) is 3.79. The van der Waals surface area contributed by atoms with Crippen LogP contribution in [0, 0.1) is 5.92 Å². The molecule has 3 N–H and O–H groups in total. The highest BCUT2D eigenvalue weighted by Gasteiger charge is 2.28. The van der Waals surface area contributed by atoms with Gasteiger partial charge in [-0.05, 0) is 43.1 Å². The van der Waals surface area contributed by atoms with Crippen molar-refractivity contribution in [3.05, 3.63) is 105 Å². The molecule has 1 amide bonds. The van der Waals surface area contributed by atoms with Gasteiger partial charge in [-0.15, -0.1) is 0 Å². The fourth-order valence-electron chi connectivity index (χ4n) is 6.85. The smallest absolute Gasteiger partial charge is 0.307 e. The Morgan fingerprint density at radius 2 is 1.75 bits per heavy atom. The van der Waals surface area contributed by atoms with E-state index in [9.17, 15) is 19.5 Å². The normalized spacial score (nSPS) is 17.6. The van der Waals surface area contributed by atoms with E-state index in [-0.39, 0.29) is 17.5 Å². The zero-order valence-corrected chi connectivity index (χ0v) is 29.4. The van der Waals surface area contributed by atoms with Crippen molar-refractivity contribution in [3.8, 4) is 39.4 Å². The van der Waals surface area contributed by atoms with Crippen LogP contribution in [0.1, 0.15) is 30.4 Å². The lowest BCUT2D eigenvalue weighted by atomic mass is 9.97. The molecule has 0 radical (unpaired) electrons. The second-order valence-corrected chi connectivity index (χ2v) is 13.7. The largest absolute Gasteiger partial charge is 0.481 e. The predicted octanol–water partition coefficient (Wildman–Crippen LogP) is 5.68. The van der Waals surface area contributed by atoms with Crippen LogP contribution in [-0.2, 0) is 22.7 Å². The number of benzene rings is 2. The van der Waals surface area contributed by atoms with Crippen LogP contribution in [0.5, 0.6) is 5.88 Å². The minimum absolute atomic E-state index is 0.0880. The van der Waals surface area contributed by atoms with Crippen LogP contribution in [0.4, 0.5) is 0 Å². The number of hydrogen-bond acceptors (Lipinski definition) is 8. The van der Waals surface area contributed by atoms with Crippen LogP contribution in [-0.4, -0.2) is 69.0 Å². The van der Waals surface area contributed by atoms with Gasteiger partial charge in [0.25, 0.3) is 5.56 Å². The number of amides is 1. The van der Waals surface area contributed by atoms with E-state index in [1.54, 1.807) is 19.5 Å². The number of ether oxygens (including phenoxy) is 1. The van der Waals surface area contributed by atoms with Gasteiger partial charge in [0.2, 0.25) is 11.8 Å². The van der Waals surface area contributed by atoms with Crippen LogP contribution in [0.15, 0.2) is 77.9 Å². The highest BCUT2D eigenvalue weighted by atomic mass is 35.5. The molecule has 2 fully saturated rings. The molecule has 0 saturated carbocycles. The number of carbonyl (C=O) groups excluding carboxylic acids is 1. The summed E-state index contributed by atoms with van der Waals surface area (Å²) in [6, 6.07) is 19.1. The number of carbonyl (C=O) groups is 2. The molecule has 0 unspecified atom stereocenters. The first kappa shape index (κ1) is 34.6. The Morgan fingerprint density at radius 1 is 1.00 bits per heavy atom. The third kappa shape index (κ3) is 7.20. The molecule has 5 heterocycles. The van der Waals surface area contributed by atoms with Crippen molar-refractivity contribution in [2.24, 2.45) is 5.92 Å². The molecule has 0 bridgehead atoms. The number of aromatic nitrogens is 3. The number of hydrogen-bond donors (Lipinski definition) is 3. The first-order valence-corrected chi connectivity index (χ1v) is 17.5. The Hall–Kier alpha value is -4.81. The van der Waals surface area contributed by atoms with Gasteiger partial charge in [-0.1, -0.05) is 65.7 Å². The Labute approximate surface area is 304 Å². The van der Waals surface area contributed by atoms with Crippen molar-refractivity contribution in [2.75, 3.05) is 26.7 Å². The van der Waals surface area contributed by atoms with Gasteiger partial charge in [-0.2, -0.15) is 0 Å². The molecule has 2 atom stereocenters. The molecule has 5 aromatic rings. The van der Waals surface area contributed by atoms with Gasteiger partial charge in [0.05, 0.1) is 34.3 Å². The summed E-state index contributed by atoms with van der Waals surface area (Å²) < 4.78 is 7.14. The highest BCUT2D eigenvalue weighted by molar-refractivity contribution is 6.39. The van der Waals surface area contributed by atoms with Crippen molar-refractivity contribution in [3.63, 3.8) is 0 Å². The third-order valence-corrected chi connectivity index (χ3v) is 10.4. The lowest BCUT2D eigenvalue weighted by Crippen LogP contribution is -2.35. The van der Waals surface area contributed by atoms with E-state index >= 15 is 0 Å². The Balaban J connectivity index is 1.12. The average molecular weight is 728 g/mol. The maximum atomic E-state index is 13.3. The van der Waals surface area contributed by atoms with E-state index in [0.29, 0.717) is 78.4 Å². The molecule has 7 rings (SSSR count). The number of pyridine rings is 2. The van der Waals surface area contributed by atoms with Crippen molar-refractivity contribution in [1.29, 1.82) is 0 Å². The second-order valence-electron chi connectivity index (χ2n) is 12.9. The van der Waals surface area contributed by atoms with Crippen molar-refractivity contribution in [2.45, 2.75) is 38.4 Å². The fraction of sp³-hybridized carbons (Fsp3) is 0.289. The number of nitrogens with one attached hydrogen (secondary N) is 2.